The van der Waals surface area contributed by atoms with Gasteiger partial charge in [0.05, 0.1) is 0 Å². The summed E-state index contributed by atoms with van der Waals surface area (Å²) < 4.78 is 2.08. The molecule has 0 aliphatic rings. The van der Waals surface area contributed by atoms with Crippen molar-refractivity contribution >= 4 is 4.40 Å². The van der Waals surface area contributed by atoms with Crippen molar-refractivity contribution in [1.82, 2.24) is 0 Å². The van der Waals surface area contributed by atoms with Crippen LogP contribution in [0.1, 0.15) is 13.8 Å². The van der Waals surface area contributed by atoms with Crippen molar-refractivity contribution in [1.29, 1.82) is 0 Å². The van der Waals surface area contributed by atoms with E-state index < -0.39 is 0 Å². The summed E-state index contributed by atoms with van der Waals surface area (Å²) in [4.78, 5) is 0. The first kappa shape index (κ1) is 9.04. The van der Waals surface area contributed by atoms with E-state index in [1.165, 1.54) is 19.4 Å². The summed E-state index contributed by atoms with van der Waals surface area (Å²) in [5, 5.41) is 0. The Morgan fingerprint density at radius 1 is 1.33 bits per heavy atom. The summed E-state index contributed by atoms with van der Waals surface area (Å²) in [7, 11) is 0. The van der Waals surface area contributed by atoms with Gasteiger partial charge in [-0.05, 0) is 0 Å². The van der Waals surface area contributed by atoms with Gasteiger partial charge in [-0.3, -0.25) is 0 Å². The minimum atomic E-state index is 0.541. The van der Waals surface area contributed by atoms with Crippen LogP contribution >= 0.6 is 0 Å². The van der Waals surface area contributed by atoms with Crippen LogP contribution in [0.5, 0.6) is 0 Å². The fraction of sp³-hybridized carbons (Fsp3) is 0.375. The molecule has 0 aromatic heterocycles. The molecular formula is C8H11W-. The Morgan fingerprint density at radius 2 is 2.00 bits per heavy atom. The summed E-state index contributed by atoms with van der Waals surface area (Å²) in [6.07, 6.45) is 9.16. The van der Waals surface area contributed by atoms with Crippen LogP contribution in [0.2, 0.25) is 0 Å². The molecule has 0 nitrogen and oxygen atoms in total. The second kappa shape index (κ2) is 6.16. The van der Waals surface area contributed by atoms with E-state index in [1.807, 2.05) is 18.2 Å². The van der Waals surface area contributed by atoms with E-state index in [1.54, 1.807) is 0 Å². The number of rotatable bonds is 3. The van der Waals surface area contributed by atoms with Crippen LogP contribution < -0.4 is 0 Å². The Morgan fingerprint density at radius 3 is 2.44 bits per heavy atom. The van der Waals surface area contributed by atoms with E-state index in [2.05, 4.69) is 24.3 Å². The standard InChI is InChI=1S/C8H11.W/c1-4-5-6-7-8(2)3;/h1,4-6,8H,2-3H3;/q-1;/b5-4-;. The van der Waals surface area contributed by atoms with E-state index >= 15 is 0 Å². The Balaban J connectivity index is 3.46. The monoisotopic (exact) mass is 291 g/mol. The third-order valence-electron chi connectivity index (χ3n) is 0.715. The topological polar surface area (TPSA) is 0 Å². The summed E-state index contributed by atoms with van der Waals surface area (Å²) in [5.41, 5.74) is 0. The van der Waals surface area contributed by atoms with Gasteiger partial charge in [-0.25, -0.2) is 0 Å². The molecule has 50 valence electrons. The predicted octanol–water partition coefficient (Wildman–Crippen LogP) is 1.91. The van der Waals surface area contributed by atoms with Crippen molar-refractivity contribution in [3.05, 3.63) is 24.3 Å². The molecule has 0 aliphatic heterocycles. The van der Waals surface area contributed by atoms with Gasteiger partial charge < -0.3 is 0 Å². The van der Waals surface area contributed by atoms with Gasteiger partial charge in [0.25, 0.3) is 0 Å². The van der Waals surface area contributed by atoms with E-state index in [9.17, 15) is 0 Å². The molecule has 0 spiro atoms. The molecule has 0 aliphatic carbocycles. The maximum absolute atomic E-state index is 3.16. The van der Waals surface area contributed by atoms with Crippen molar-refractivity contribution in [2.75, 3.05) is 0 Å². The first-order chi connectivity index (χ1) is 4.27. The molecule has 0 rings (SSSR count). The first-order valence-electron chi connectivity index (χ1n) is 2.97. The molecule has 0 N–H and O–H groups in total. The van der Waals surface area contributed by atoms with E-state index in [0.717, 1.165) is 0 Å². The second-order valence-electron chi connectivity index (χ2n) is 2.01. The molecule has 1 heteroatoms. The van der Waals surface area contributed by atoms with E-state index in [0.29, 0.717) is 5.92 Å². The van der Waals surface area contributed by atoms with Gasteiger partial charge in [0.15, 0.2) is 0 Å². The summed E-state index contributed by atoms with van der Waals surface area (Å²) in [6.45, 7) is 4.23. The van der Waals surface area contributed by atoms with Crippen molar-refractivity contribution in [3.63, 3.8) is 0 Å². The summed E-state index contributed by atoms with van der Waals surface area (Å²) in [5.74, 6) is 0.541. The van der Waals surface area contributed by atoms with Gasteiger partial charge in [0, 0.05) is 0 Å². The third-order valence-corrected chi connectivity index (χ3v) is 1.28. The van der Waals surface area contributed by atoms with Gasteiger partial charge in [-0.15, -0.1) is 0 Å². The Kier molecular flexibility index (Phi) is 6.19. The van der Waals surface area contributed by atoms with Gasteiger partial charge in [0.1, 0.15) is 0 Å². The maximum atomic E-state index is 3.16. The fourth-order valence-electron chi connectivity index (χ4n) is 0.349. The van der Waals surface area contributed by atoms with E-state index in [-0.39, 0.29) is 0 Å². The van der Waals surface area contributed by atoms with Gasteiger partial charge >= 0.3 is 67.8 Å². The SMILES string of the molecule is CC(C)[C-]=C/C=C\[CH]=[W]. The Bertz CT molecular complexity index is 121. The van der Waals surface area contributed by atoms with Crippen LogP contribution in [-0.2, 0) is 19.4 Å². The zero-order chi connectivity index (χ0) is 7.11. The molecule has 0 aromatic rings. The molecule has 0 heterocycles. The molecule has 9 heavy (non-hydrogen) atoms. The molecule has 0 atom stereocenters. The summed E-state index contributed by atoms with van der Waals surface area (Å²) in [6, 6.07) is 0. The Labute approximate surface area is 68.1 Å². The Hall–Kier alpha value is 0.0383. The molecule has 0 saturated carbocycles. The van der Waals surface area contributed by atoms with Crippen LogP contribution in [-0.4, -0.2) is 4.40 Å². The first-order valence-corrected chi connectivity index (χ1v) is 4.66. The van der Waals surface area contributed by atoms with Crippen LogP contribution in [0.3, 0.4) is 0 Å². The third kappa shape index (κ3) is 8.04. The van der Waals surface area contributed by atoms with Crippen LogP contribution in [0.25, 0.3) is 0 Å². The van der Waals surface area contributed by atoms with Crippen molar-refractivity contribution in [3.8, 4) is 0 Å². The number of hydrogen-bond donors (Lipinski definition) is 0. The zero-order valence-electron chi connectivity index (χ0n) is 5.79. The quantitative estimate of drug-likeness (QED) is 0.550. The molecule has 0 aromatic carbocycles. The average molecular weight is 291 g/mol. The molecule has 0 saturated heterocycles. The molecule has 0 unspecified atom stereocenters. The number of hydrogen-bond acceptors (Lipinski definition) is 0. The second-order valence-corrected chi connectivity index (χ2v) is 2.99. The fourth-order valence-corrected chi connectivity index (χ4v) is 0.675. The van der Waals surface area contributed by atoms with Crippen LogP contribution in [0.15, 0.2) is 18.2 Å². The summed E-state index contributed by atoms with van der Waals surface area (Å²) >= 11 is 1.49. The molecule has 0 fully saturated rings. The van der Waals surface area contributed by atoms with E-state index in [4.69, 9.17) is 0 Å². The van der Waals surface area contributed by atoms with Crippen LogP contribution in [0.4, 0.5) is 0 Å². The molecule has 0 amide bonds. The number of allylic oxidation sites excluding steroid dienone is 4. The molecule has 0 bridgehead atoms. The average Bonchev–Trinajstić information content (AvgIpc) is 1.80. The minimum absolute atomic E-state index is 0.541. The van der Waals surface area contributed by atoms with Gasteiger partial charge in [-0.1, -0.05) is 0 Å². The zero-order valence-corrected chi connectivity index (χ0v) is 8.73. The van der Waals surface area contributed by atoms with Gasteiger partial charge in [-0.2, -0.15) is 0 Å². The normalized spacial score (nSPS) is 11.9. The predicted molar refractivity (Wildman–Crippen MR) is 37.9 cm³/mol. The van der Waals surface area contributed by atoms with Gasteiger partial charge in [0.2, 0.25) is 0 Å². The van der Waals surface area contributed by atoms with Crippen molar-refractivity contribution in [2.45, 2.75) is 13.8 Å². The van der Waals surface area contributed by atoms with Crippen LogP contribution in [0, 0.1) is 12.0 Å². The molecule has 0 radical (unpaired) electrons. The van der Waals surface area contributed by atoms with Crippen molar-refractivity contribution in [2.24, 2.45) is 5.92 Å². The van der Waals surface area contributed by atoms with Crippen molar-refractivity contribution < 1.29 is 19.4 Å². The molecular weight excluding hydrogens is 280 g/mol.